The Morgan fingerprint density at radius 1 is 1.41 bits per heavy atom. The summed E-state index contributed by atoms with van der Waals surface area (Å²) in [6.07, 6.45) is 2.86. The first kappa shape index (κ1) is 20.6. The van der Waals surface area contributed by atoms with E-state index in [1.54, 1.807) is 13.0 Å². The van der Waals surface area contributed by atoms with Crippen LogP contribution in [0.3, 0.4) is 0 Å². The average Bonchev–Trinajstić information content (AvgIpc) is 2.87. The Hall–Kier alpha value is -0.320. The lowest BCUT2D eigenvalue weighted by Crippen LogP contribution is -2.33. The van der Waals surface area contributed by atoms with Crippen LogP contribution in [0.4, 0.5) is 0 Å². The van der Waals surface area contributed by atoms with Crippen LogP contribution in [-0.4, -0.2) is 56.9 Å². The first-order chi connectivity index (χ1) is 13.6. The average molecular weight is 553 g/mol. The first-order valence-corrected chi connectivity index (χ1v) is 13.4. The monoisotopic (exact) mass is 552 g/mol. The van der Waals surface area contributed by atoms with Crippen LogP contribution in [0.25, 0.3) is 11.2 Å². The minimum Gasteiger partial charge on any atom is -0.344 e. The van der Waals surface area contributed by atoms with Crippen molar-refractivity contribution in [3.05, 3.63) is 15.3 Å². The minimum absolute atomic E-state index is 0.0184. The molecule has 1 saturated heterocycles. The number of ether oxygens (including phenoxy) is 2. The van der Waals surface area contributed by atoms with Crippen LogP contribution in [0, 0.1) is 15.2 Å². The maximum absolute atomic E-state index is 13.1. The third-order valence-electron chi connectivity index (χ3n) is 6.28. The molecule has 2 aromatic rings. The summed E-state index contributed by atoms with van der Waals surface area (Å²) >= 11 is 8.35. The molecule has 3 aliphatic rings. The van der Waals surface area contributed by atoms with Crippen LogP contribution in [0.2, 0.25) is 5.15 Å². The Balaban J connectivity index is 1.58. The van der Waals surface area contributed by atoms with Gasteiger partial charge in [-0.3, -0.25) is 4.57 Å². The highest BCUT2D eigenvalue weighted by molar-refractivity contribution is 14.1. The molecule has 29 heavy (non-hydrogen) atoms. The highest BCUT2D eigenvalue weighted by atomic mass is 127. The SMILES string of the molecule is CCOP(C)(=O)C[C@@]12C[C@@H]1[C@@H](n1cnc3c(Cl)nc(I)nc31)[C@@H]1OC(C)(C)O[C@@H]12. The molecule has 0 aromatic carbocycles. The van der Waals surface area contributed by atoms with Gasteiger partial charge in [0, 0.05) is 40.8 Å². The maximum atomic E-state index is 13.1. The normalized spacial score (nSPS) is 36.8. The van der Waals surface area contributed by atoms with Gasteiger partial charge in [-0.15, -0.1) is 0 Å². The number of aromatic nitrogens is 4. The van der Waals surface area contributed by atoms with E-state index in [1.165, 1.54) is 0 Å². The summed E-state index contributed by atoms with van der Waals surface area (Å²) in [5.41, 5.74) is 1.05. The zero-order valence-corrected chi connectivity index (χ0v) is 20.4. The van der Waals surface area contributed by atoms with Gasteiger partial charge in [-0.25, -0.2) is 15.0 Å². The van der Waals surface area contributed by atoms with E-state index >= 15 is 0 Å². The Kier molecular flexibility index (Phi) is 4.68. The third kappa shape index (κ3) is 3.19. The van der Waals surface area contributed by atoms with Crippen LogP contribution in [0.15, 0.2) is 6.33 Å². The molecule has 8 nitrogen and oxygen atoms in total. The van der Waals surface area contributed by atoms with Gasteiger partial charge in [0.2, 0.25) is 7.37 Å². The molecule has 1 aliphatic heterocycles. The molecule has 1 unspecified atom stereocenters. The number of nitrogens with zero attached hydrogens (tertiary/aromatic N) is 4. The van der Waals surface area contributed by atoms with Crippen molar-refractivity contribution in [3.8, 4) is 0 Å². The lowest BCUT2D eigenvalue weighted by Gasteiger charge is -2.25. The van der Waals surface area contributed by atoms with Gasteiger partial charge in [0.05, 0.1) is 25.1 Å². The molecule has 2 saturated carbocycles. The van der Waals surface area contributed by atoms with E-state index in [0.29, 0.717) is 32.9 Å². The zero-order valence-electron chi connectivity index (χ0n) is 16.6. The Morgan fingerprint density at radius 3 is 2.90 bits per heavy atom. The number of hydrogen-bond donors (Lipinski definition) is 0. The van der Waals surface area contributed by atoms with Crippen molar-refractivity contribution in [1.82, 2.24) is 19.5 Å². The maximum Gasteiger partial charge on any atom is 0.200 e. The van der Waals surface area contributed by atoms with Crippen molar-refractivity contribution >= 4 is 52.7 Å². The summed E-state index contributed by atoms with van der Waals surface area (Å²) in [5, 5.41) is 0.341. The molecule has 3 fully saturated rings. The van der Waals surface area contributed by atoms with E-state index in [9.17, 15) is 4.57 Å². The molecule has 0 bridgehead atoms. The molecule has 3 heterocycles. The van der Waals surface area contributed by atoms with Crippen LogP contribution in [0.1, 0.15) is 33.2 Å². The van der Waals surface area contributed by atoms with Gasteiger partial charge in [0.1, 0.15) is 11.6 Å². The van der Waals surface area contributed by atoms with Crippen LogP contribution < -0.4 is 0 Å². The molecule has 158 valence electrons. The largest absolute Gasteiger partial charge is 0.344 e. The Morgan fingerprint density at radius 2 is 2.17 bits per heavy atom. The van der Waals surface area contributed by atoms with Gasteiger partial charge >= 0.3 is 0 Å². The van der Waals surface area contributed by atoms with E-state index in [4.69, 9.17) is 25.6 Å². The zero-order chi connectivity index (χ0) is 20.8. The highest BCUT2D eigenvalue weighted by Crippen LogP contribution is 2.75. The summed E-state index contributed by atoms with van der Waals surface area (Å²) in [4.78, 5) is 13.2. The summed E-state index contributed by atoms with van der Waals surface area (Å²) in [7, 11) is -2.73. The second-order valence-electron chi connectivity index (χ2n) is 8.75. The van der Waals surface area contributed by atoms with Gasteiger partial charge in [-0.1, -0.05) is 11.6 Å². The topological polar surface area (TPSA) is 88.4 Å². The van der Waals surface area contributed by atoms with Crippen LogP contribution >= 0.6 is 41.6 Å². The van der Waals surface area contributed by atoms with Crippen molar-refractivity contribution in [3.63, 3.8) is 0 Å². The van der Waals surface area contributed by atoms with Gasteiger partial charge in [-0.2, -0.15) is 0 Å². The highest BCUT2D eigenvalue weighted by Gasteiger charge is 2.76. The second kappa shape index (κ2) is 6.59. The van der Waals surface area contributed by atoms with Gasteiger partial charge in [-0.05, 0) is 33.1 Å². The molecule has 0 N–H and O–H groups in total. The van der Waals surface area contributed by atoms with Crippen molar-refractivity contribution in [1.29, 1.82) is 0 Å². The number of fused-ring (bicyclic) bond motifs is 4. The first-order valence-electron chi connectivity index (χ1n) is 9.69. The van der Waals surface area contributed by atoms with Gasteiger partial charge < -0.3 is 18.6 Å². The van der Waals surface area contributed by atoms with E-state index in [1.807, 2.05) is 25.3 Å². The molecular formula is C18H23ClIN4O4P. The molecular weight excluding hydrogens is 530 g/mol. The van der Waals surface area contributed by atoms with E-state index in [0.717, 1.165) is 6.42 Å². The van der Waals surface area contributed by atoms with Crippen molar-refractivity contribution < 1.29 is 18.6 Å². The quantitative estimate of drug-likeness (QED) is 0.239. The van der Waals surface area contributed by atoms with E-state index in [2.05, 4.69) is 37.5 Å². The van der Waals surface area contributed by atoms with Crippen molar-refractivity contribution in [2.45, 2.75) is 51.2 Å². The van der Waals surface area contributed by atoms with Crippen LogP contribution in [-0.2, 0) is 18.6 Å². The molecule has 0 spiro atoms. The van der Waals surface area contributed by atoms with Crippen molar-refractivity contribution in [2.75, 3.05) is 19.4 Å². The molecule has 5 rings (SSSR count). The van der Waals surface area contributed by atoms with Crippen LogP contribution in [0.5, 0.6) is 0 Å². The second-order valence-corrected chi connectivity index (χ2v) is 12.7. The summed E-state index contributed by atoms with van der Waals surface area (Å²) in [6.45, 7) is 7.89. The Bertz CT molecular complexity index is 1050. The lowest BCUT2D eigenvalue weighted by atomic mass is 10.0. The molecule has 0 radical (unpaired) electrons. The van der Waals surface area contributed by atoms with E-state index in [-0.39, 0.29) is 29.6 Å². The summed E-state index contributed by atoms with van der Waals surface area (Å²) in [5.74, 6) is -0.444. The van der Waals surface area contributed by atoms with Crippen molar-refractivity contribution in [2.24, 2.45) is 11.3 Å². The standard InChI is InChI=1S/C18H23ClIN4O4P/c1-5-26-29(4,25)7-18-6-9(18)11(12-13(18)28-17(2,3)27-12)24-8-21-10-14(19)22-16(20)23-15(10)24/h8-9,11-13H,5-7H2,1-4H3/t9-,11-,12+,13+,18+,29?/m1/s1. The molecule has 0 amide bonds. The predicted molar refractivity (Wildman–Crippen MR) is 116 cm³/mol. The smallest absolute Gasteiger partial charge is 0.200 e. The number of imidazole rings is 1. The number of hydrogen-bond acceptors (Lipinski definition) is 7. The van der Waals surface area contributed by atoms with Gasteiger partial charge in [0.25, 0.3) is 0 Å². The lowest BCUT2D eigenvalue weighted by molar-refractivity contribution is -0.160. The fourth-order valence-electron chi connectivity index (χ4n) is 5.40. The fourth-order valence-corrected chi connectivity index (χ4v) is 8.48. The molecule has 2 aromatic heterocycles. The summed E-state index contributed by atoms with van der Waals surface area (Å²) < 4.78 is 34.0. The Labute approximate surface area is 187 Å². The summed E-state index contributed by atoms with van der Waals surface area (Å²) in [6, 6.07) is -0.0184. The number of halogens is 2. The van der Waals surface area contributed by atoms with E-state index < -0.39 is 13.2 Å². The van der Waals surface area contributed by atoms with Gasteiger partial charge in [0.15, 0.2) is 20.4 Å². The molecule has 6 atom stereocenters. The molecule has 11 heteroatoms. The predicted octanol–water partition coefficient (Wildman–Crippen LogP) is 4.11. The third-order valence-corrected chi connectivity index (χ3v) is 8.99. The molecule has 2 aliphatic carbocycles. The fraction of sp³-hybridized carbons (Fsp3) is 0.722. The minimum atomic E-state index is -2.73. The number of rotatable bonds is 5.